The van der Waals surface area contributed by atoms with Crippen LogP contribution in [0.15, 0.2) is 22.7 Å². The summed E-state index contributed by atoms with van der Waals surface area (Å²) >= 11 is 0. The minimum Gasteiger partial charge on any atom is -0.494 e. The molecule has 1 aromatic heterocycles. The van der Waals surface area contributed by atoms with E-state index < -0.39 is 11.8 Å². The number of hydrogen-bond donors (Lipinski definition) is 1. The molecule has 0 atom stereocenters. The summed E-state index contributed by atoms with van der Waals surface area (Å²) in [6.45, 7) is 0.735. The Labute approximate surface area is 145 Å². The number of carboxylic acid groups (broad SMARTS) is 1. The molecule has 1 aliphatic carbocycles. The van der Waals surface area contributed by atoms with Crippen molar-refractivity contribution in [2.45, 2.75) is 25.7 Å². The smallest absolute Gasteiger partial charge is 0.343 e. The summed E-state index contributed by atoms with van der Waals surface area (Å²) in [4.78, 5) is 13.6. The largest absolute Gasteiger partial charge is 0.494 e. The van der Waals surface area contributed by atoms with Gasteiger partial charge in [-0.3, -0.25) is 0 Å². The molecule has 0 spiro atoms. The van der Waals surface area contributed by atoms with E-state index in [9.17, 15) is 14.3 Å². The molecule has 2 aromatic rings. The number of hydrogen-bond acceptors (Lipinski definition) is 5. The summed E-state index contributed by atoms with van der Waals surface area (Å²) in [6, 6.07) is 4.07. The first-order valence-electron chi connectivity index (χ1n) is 8.29. The highest BCUT2D eigenvalue weighted by atomic mass is 19.1. The van der Waals surface area contributed by atoms with Gasteiger partial charge in [-0.1, -0.05) is 18.0 Å². The Balaban J connectivity index is 1.95. The molecule has 134 valence electrons. The highest BCUT2D eigenvalue weighted by Gasteiger charge is 2.28. The Hall–Kier alpha value is -2.57. The van der Waals surface area contributed by atoms with Gasteiger partial charge in [0.1, 0.15) is 0 Å². The highest BCUT2D eigenvalue weighted by Crippen LogP contribution is 2.35. The molecule has 1 fully saturated rings. The molecule has 25 heavy (non-hydrogen) atoms. The zero-order chi connectivity index (χ0) is 18.0. The Morgan fingerprint density at radius 2 is 2.16 bits per heavy atom. The standard InChI is InChI=1S/C18H21FN2O4/c1-21(10-11-5-3-4-6-11)17-15(18(22)23)16(25-20-17)12-7-8-13(19)14(9-12)24-2/h7-9,11H,3-6,10H2,1-2H3,(H,22,23). The Morgan fingerprint density at radius 1 is 1.44 bits per heavy atom. The summed E-state index contributed by atoms with van der Waals surface area (Å²) in [6.07, 6.45) is 4.71. The monoisotopic (exact) mass is 348 g/mol. The normalized spacial score (nSPS) is 14.7. The molecule has 0 aliphatic heterocycles. The quantitative estimate of drug-likeness (QED) is 0.855. The highest BCUT2D eigenvalue weighted by molar-refractivity contribution is 5.99. The summed E-state index contributed by atoms with van der Waals surface area (Å²) < 4.78 is 23.9. The van der Waals surface area contributed by atoms with E-state index in [0.717, 1.165) is 19.4 Å². The Morgan fingerprint density at radius 3 is 2.80 bits per heavy atom. The van der Waals surface area contributed by atoms with E-state index in [4.69, 9.17) is 9.26 Å². The van der Waals surface area contributed by atoms with Crippen LogP contribution in [0.25, 0.3) is 11.3 Å². The summed E-state index contributed by atoms with van der Waals surface area (Å²) in [5.41, 5.74) is 0.387. The maximum Gasteiger partial charge on any atom is 0.343 e. The molecule has 0 bridgehead atoms. The molecule has 0 radical (unpaired) electrons. The van der Waals surface area contributed by atoms with E-state index in [2.05, 4.69) is 5.16 Å². The van der Waals surface area contributed by atoms with Crippen molar-refractivity contribution in [1.82, 2.24) is 5.16 Å². The van der Waals surface area contributed by atoms with Crippen molar-refractivity contribution >= 4 is 11.8 Å². The number of methoxy groups -OCH3 is 1. The molecule has 1 aromatic carbocycles. The van der Waals surface area contributed by atoms with Crippen molar-refractivity contribution in [3.05, 3.63) is 29.6 Å². The molecular weight excluding hydrogens is 327 g/mol. The number of nitrogens with zero attached hydrogens (tertiary/aromatic N) is 2. The van der Waals surface area contributed by atoms with E-state index in [0.29, 0.717) is 11.5 Å². The van der Waals surface area contributed by atoms with E-state index >= 15 is 0 Å². The molecule has 6 nitrogen and oxygen atoms in total. The van der Waals surface area contributed by atoms with Crippen LogP contribution >= 0.6 is 0 Å². The first-order valence-corrected chi connectivity index (χ1v) is 8.29. The van der Waals surface area contributed by atoms with Crippen LogP contribution in [0.2, 0.25) is 0 Å². The number of aromatic nitrogens is 1. The van der Waals surface area contributed by atoms with Crippen molar-refractivity contribution in [3.63, 3.8) is 0 Å². The SMILES string of the molecule is COc1cc(-c2onc(N(C)CC3CCCC3)c2C(=O)O)ccc1F. The van der Waals surface area contributed by atoms with Crippen LogP contribution in [-0.4, -0.2) is 36.9 Å². The number of carboxylic acids is 1. The maximum atomic E-state index is 13.6. The Bertz CT molecular complexity index is 768. The molecule has 1 aliphatic rings. The first kappa shape index (κ1) is 17.3. The van der Waals surface area contributed by atoms with Gasteiger partial charge < -0.3 is 19.3 Å². The van der Waals surface area contributed by atoms with Gasteiger partial charge >= 0.3 is 5.97 Å². The fraction of sp³-hybridized carbons (Fsp3) is 0.444. The minimum absolute atomic E-state index is 0.0193. The zero-order valence-electron chi connectivity index (χ0n) is 14.3. The second kappa shape index (κ2) is 7.13. The van der Waals surface area contributed by atoms with E-state index in [1.54, 1.807) is 0 Å². The number of carbonyl (C=O) groups is 1. The average Bonchev–Trinajstić information content (AvgIpc) is 3.24. The molecule has 0 saturated heterocycles. The summed E-state index contributed by atoms with van der Waals surface area (Å²) in [7, 11) is 3.17. The molecule has 0 amide bonds. The Kier molecular flexibility index (Phi) is 4.92. The predicted molar refractivity (Wildman–Crippen MR) is 90.6 cm³/mol. The second-order valence-corrected chi connectivity index (χ2v) is 6.40. The van der Waals surface area contributed by atoms with Crippen molar-refractivity contribution in [2.75, 3.05) is 25.6 Å². The molecule has 0 unspecified atom stereocenters. The molecule has 1 heterocycles. The van der Waals surface area contributed by atoms with E-state index in [1.807, 2.05) is 11.9 Å². The van der Waals surface area contributed by atoms with Crippen LogP contribution in [0, 0.1) is 11.7 Å². The third-order valence-corrected chi connectivity index (χ3v) is 4.67. The number of halogens is 1. The van der Waals surface area contributed by atoms with Crippen molar-refractivity contribution in [3.8, 4) is 17.1 Å². The van der Waals surface area contributed by atoms with Crippen LogP contribution in [-0.2, 0) is 0 Å². The van der Waals surface area contributed by atoms with E-state index in [1.165, 1.54) is 38.2 Å². The van der Waals surface area contributed by atoms with Gasteiger partial charge in [0.25, 0.3) is 0 Å². The van der Waals surface area contributed by atoms with Gasteiger partial charge in [0.2, 0.25) is 0 Å². The van der Waals surface area contributed by atoms with Gasteiger partial charge in [0.15, 0.2) is 28.7 Å². The number of anilines is 1. The predicted octanol–water partition coefficient (Wildman–Crippen LogP) is 3.81. The van der Waals surface area contributed by atoms with Crippen LogP contribution < -0.4 is 9.64 Å². The van der Waals surface area contributed by atoms with Crippen LogP contribution in [0.3, 0.4) is 0 Å². The lowest BCUT2D eigenvalue weighted by Gasteiger charge is -2.20. The zero-order valence-corrected chi connectivity index (χ0v) is 14.3. The summed E-state index contributed by atoms with van der Waals surface area (Å²) in [5.74, 6) is -0.713. The van der Waals surface area contributed by atoms with Crippen LogP contribution in [0.4, 0.5) is 10.2 Å². The lowest BCUT2D eigenvalue weighted by molar-refractivity contribution is 0.0698. The van der Waals surface area contributed by atoms with Gasteiger partial charge in [0, 0.05) is 19.2 Å². The fourth-order valence-electron chi connectivity index (χ4n) is 3.40. The number of aromatic carboxylic acids is 1. The molecule has 1 N–H and O–H groups in total. The first-order chi connectivity index (χ1) is 12.0. The molecule has 7 heteroatoms. The number of benzene rings is 1. The third kappa shape index (κ3) is 3.45. The molecule has 3 rings (SSSR count). The fourth-order valence-corrected chi connectivity index (χ4v) is 3.40. The van der Waals surface area contributed by atoms with Crippen LogP contribution in [0.1, 0.15) is 36.0 Å². The summed E-state index contributed by atoms with van der Waals surface area (Å²) in [5, 5.41) is 13.6. The molecular formula is C18H21FN2O4. The van der Waals surface area contributed by atoms with Gasteiger partial charge in [-0.25, -0.2) is 9.18 Å². The number of ether oxygens (including phenoxy) is 1. The van der Waals surface area contributed by atoms with E-state index in [-0.39, 0.29) is 22.9 Å². The van der Waals surface area contributed by atoms with Crippen molar-refractivity contribution < 1.29 is 23.6 Å². The molecule has 1 saturated carbocycles. The van der Waals surface area contributed by atoms with Crippen molar-refractivity contribution in [1.29, 1.82) is 0 Å². The van der Waals surface area contributed by atoms with Gasteiger partial charge in [0.05, 0.1) is 7.11 Å². The lowest BCUT2D eigenvalue weighted by atomic mass is 10.1. The lowest BCUT2D eigenvalue weighted by Crippen LogP contribution is -2.25. The van der Waals surface area contributed by atoms with Crippen molar-refractivity contribution in [2.24, 2.45) is 5.92 Å². The maximum absolute atomic E-state index is 13.6. The third-order valence-electron chi connectivity index (χ3n) is 4.67. The van der Waals surface area contributed by atoms with Gasteiger partial charge in [-0.15, -0.1) is 0 Å². The number of rotatable bonds is 6. The van der Waals surface area contributed by atoms with Gasteiger partial charge in [-0.2, -0.15) is 0 Å². The average molecular weight is 348 g/mol. The topological polar surface area (TPSA) is 75.8 Å². The second-order valence-electron chi connectivity index (χ2n) is 6.40. The van der Waals surface area contributed by atoms with Gasteiger partial charge in [-0.05, 0) is 37.0 Å². The van der Waals surface area contributed by atoms with Crippen LogP contribution in [0.5, 0.6) is 5.75 Å². The minimum atomic E-state index is -1.13.